The van der Waals surface area contributed by atoms with Gasteiger partial charge < -0.3 is 5.73 Å². The molecule has 0 aliphatic rings. The van der Waals surface area contributed by atoms with Crippen LogP contribution in [0, 0.1) is 5.92 Å². The Morgan fingerprint density at radius 1 is 0.783 bits per heavy atom. The Labute approximate surface area is 146 Å². The Hall–Kier alpha value is -0.820. The maximum absolute atomic E-state index is 6.11. The second kappa shape index (κ2) is 14.8. The first-order chi connectivity index (χ1) is 11.0. The van der Waals surface area contributed by atoms with Crippen LogP contribution in [0.2, 0.25) is 0 Å². The van der Waals surface area contributed by atoms with Gasteiger partial charge in [0.25, 0.3) is 0 Å². The first kappa shape index (κ1) is 22.2. The molecule has 1 nitrogen and oxygen atoms in total. The van der Waals surface area contributed by atoms with Crippen LogP contribution in [0.25, 0.3) is 0 Å². The lowest BCUT2D eigenvalue weighted by Gasteiger charge is -2.26. The third-order valence-corrected chi connectivity index (χ3v) is 4.63. The SMILES string of the molecule is C=CCCCCC=CCCCCC=CCCCC(C)C(C)(C)N. The molecule has 134 valence electrons. The van der Waals surface area contributed by atoms with E-state index in [1.807, 2.05) is 6.08 Å². The molecule has 0 aromatic carbocycles. The Kier molecular flexibility index (Phi) is 14.2. The number of hydrogen-bond donors (Lipinski definition) is 1. The van der Waals surface area contributed by atoms with E-state index in [0.29, 0.717) is 5.92 Å². The van der Waals surface area contributed by atoms with E-state index in [1.54, 1.807) is 0 Å². The standard InChI is InChI=1S/C22H41N/c1-5-6-7-8-9-10-11-12-13-14-15-16-17-18-19-20-21(2)22(3,4)23/h5,10-11,16-17,21H,1,6-9,12-15,18-20,23H2,2-4H3. The normalized spacial score (nSPS) is 13.9. The van der Waals surface area contributed by atoms with Gasteiger partial charge in [-0.2, -0.15) is 0 Å². The van der Waals surface area contributed by atoms with Crippen LogP contribution < -0.4 is 5.73 Å². The van der Waals surface area contributed by atoms with Crippen LogP contribution in [0.4, 0.5) is 0 Å². The van der Waals surface area contributed by atoms with Crippen molar-refractivity contribution < 1.29 is 0 Å². The molecule has 0 fully saturated rings. The van der Waals surface area contributed by atoms with E-state index in [9.17, 15) is 0 Å². The van der Waals surface area contributed by atoms with Crippen LogP contribution in [-0.4, -0.2) is 5.54 Å². The van der Waals surface area contributed by atoms with Gasteiger partial charge in [-0.3, -0.25) is 0 Å². The van der Waals surface area contributed by atoms with E-state index in [-0.39, 0.29) is 5.54 Å². The van der Waals surface area contributed by atoms with Crippen LogP contribution in [-0.2, 0) is 0 Å². The smallest absolute Gasteiger partial charge is 0.0123 e. The van der Waals surface area contributed by atoms with Crippen LogP contribution in [0.1, 0.15) is 91.4 Å². The largest absolute Gasteiger partial charge is 0.325 e. The quantitative estimate of drug-likeness (QED) is 0.256. The van der Waals surface area contributed by atoms with E-state index in [4.69, 9.17) is 5.73 Å². The third-order valence-electron chi connectivity index (χ3n) is 4.63. The van der Waals surface area contributed by atoms with E-state index in [1.165, 1.54) is 64.2 Å². The van der Waals surface area contributed by atoms with E-state index >= 15 is 0 Å². The topological polar surface area (TPSA) is 26.0 Å². The Morgan fingerprint density at radius 3 is 1.57 bits per heavy atom. The molecule has 1 unspecified atom stereocenters. The molecule has 0 radical (unpaired) electrons. The highest BCUT2D eigenvalue weighted by Crippen LogP contribution is 2.19. The summed E-state index contributed by atoms with van der Waals surface area (Å²) >= 11 is 0. The van der Waals surface area contributed by atoms with E-state index < -0.39 is 0 Å². The lowest BCUT2D eigenvalue weighted by atomic mass is 9.86. The molecule has 0 aliphatic heterocycles. The highest BCUT2D eigenvalue weighted by atomic mass is 14.7. The van der Waals surface area contributed by atoms with Gasteiger partial charge in [0.1, 0.15) is 0 Å². The summed E-state index contributed by atoms with van der Waals surface area (Å²) in [6, 6.07) is 0. The highest BCUT2D eigenvalue weighted by Gasteiger charge is 2.19. The van der Waals surface area contributed by atoms with Crippen molar-refractivity contribution in [3.05, 3.63) is 37.0 Å². The monoisotopic (exact) mass is 319 g/mol. The first-order valence-electron chi connectivity index (χ1n) is 9.68. The Bertz CT molecular complexity index is 319. The molecule has 0 aromatic heterocycles. The molecule has 0 saturated heterocycles. The predicted octanol–water partition coefficient (Wildman–Crippen LogP) is 6.95. The average Bonchev–Trinajstić information content (AvgIpc) is 2.50. The molecule has 1 heteroatoms. The van der Waals surface area contributed by atoms with Crippen molar-refractivity contribution in [1.82, 2.24) is 0 Å². The van der Waals surface area contributed by atoms with Gasteiger partial charge in [-0.1, -0.05) is 37.3 Å². The second-order valence-corrected chi connectivity index (χ2v) is 7.45. The summed E-state index contributed by atoms with van der Waals surface area (Å²) in [7, 11) is 0. The second-order valence-electron chi connectivity index (χ2n) is 7.45. The lowest BCUT2D eigenvalue weighted by Crippen LogP contribution is -2.39. The lowest BCUT2D eigenvalue weighted by molar-refractivity contribution is 0.321. The molecule has 0 bridgehead atoms. The molecule has 0 saturated carbocycles. The molecular formula is C22H41N. The molecule has 1 atom stereocenters. The van der Waals surface area contributed by atoms with Crippen LogP contribution in [0.3, 0.4) is 0 Å². The summed E-state index contributed by atoms with van der Waals surface area (Å²) in [6.07, 6.45) is 25.1. The molecule has 0 amide bonds. The number of unbranched alkanes of at least 4 members (excludes halogenated alkanes) is 7. The Balaban J connectivity index is 3.35. The molecule has 2 N–H and O–H groups in total. The van der Waals surface area contributed by atoms with Crippen molar-refractivity contribution in [2.24, 2.45) is 11.7 Å². The number of rotatable bonds is 15. The van der Waals surface area contributed by atoms with Crippen molar-refractivity contribution >= 4 is 0 Å². The molecule has 0 spiro atoms. The number of allylic oxidation sites excluding steroid dienone is 5. The van der Waals surface area contributed by atoms with Gasteiger partial charge in [0.05, 0.1) is 0 Å². The zero-order valence-electron chi connectivity index (χ0n) is 16.0. The summed E-state index contributed by atoms with van der Waals surface area (Å²) in [6.45, 7) is 10.3. The van der Waals surface area contributed by atoms with Gasteiger partial charge in [0, 0.05) is 5.54 Å². The summed E-state index contributed by atoms with van der Waals surface area (Å²) in [5, 5.41) is 0. The fraction of sp³-hybridized carbons (Fsp3) is 0.727. The van der Waals surface area contributed by atoms with E-state index in [0.717, 1.165) is 6.42 Å². The van der Waals surface area contributed by atoms with Crippen molar-refractivity contribution in [3.8, 4) is 0 Å². The summed E-state index contributed by atoms with van der Waals surface area (Å²) in [5.41, 5.74) is 6.07. The van der Waals surface area contributed by atoms with Crippen molar-refractivity contribution in [2.45, 2.75) is 96.9 Å². The van der Waals surface area contributed by atoms with Gasteiger partial charge in [-0.15, -0.1) is 6.58 Å². The molecule has 23 heavy (non-hydrogen) atoms. The van der Waals surface area contributed by atoms with Crippen molar-refractivity contribution in [2.75, 3.05) is 0 Å². The fourth-order valence-electron chi connectivity index (χ4n) is 2.46. The summed E-state index contributed by atoms with van der Waals surface area (Å²) < 4.78 is 0. The van der Waals surface area contributed by atoms with Gasteiger partial charge in [0.2, 0.25) is 0 Å². The number of hydrogen-bond acceptors (Lipinski definition) is 1. The zero-order valence-corrected chi connectivity index (χ0v) is 16.0. The van der Waals surface area contributed by atoms with Gasteiger partial charge in [-0.05, 0) is 90.4 Å². The maximum Gasteiger partial charge on any atom is 0.0123 e. The van der Waals surface area contributed by atoms with E-state index in [2.05, 4.69) is 51.7 Å². The summed E-state index contributed by atoms with van der Waals surface area (Å²) in [4.78, 5) is 0. The molecule has 0 aromatic rings. The Morgan fingerprint density at radius 2 is 1.17 bits per heavy atom. The zero-order chi connectivity index (χ0) is 17.4. The fourth-order valence-corrected chi connectivity index (χ4v) is 2.46. The predicted molar refractivity (Wildman–Crippen MR) is 107 cm³/mol. The van der Waals surface area contributed by atoms with Gasteiger partial charge in [-0.25, -0.2) is 0 Å². The minimum atomic E-state index is -0.0388. The van der Waals surface area contributed by atoms with Crippen LogP contribution >= 0.6 is 0 Å². The highest BCUT2D eigenvalue weighted by molar-refractivity contribution is 4.85. The molecule has 0 heterocycles. The number of nitrogens with two attached hydrogens (primary N) is 1. The minimum absolute atomic E-state index is 0.0388. The maximum atomic E-state index is 6.11. The first-order valence-corrected chi connectivity index (χ1v) is 9.68. The average molecular weight is 320 g/mol. The van der Waals surface area contributed by atoms with Gasteiger partial charge >= 0.3 is 0 Å². The molecule has 0 rings (SSSR count). The summed E-state index contributed by atoms with van der Waals surface area (Å²) in [5.74, 6) is 0.597. The molecule has 0 aliphatic carbocycles. The minimum Gasteiger partial charge on any atom is -0.325 e. The van der Waals surface area contributed by atoms with Crippen molar-refractivity contribution in [3.63, 3.8) is 0 Å². The van der Waals surface area contributed by atoms with Crippen molar-refractivity contribution in [1.29, 1.82) is 0 Å². The van der Waals surface area contributed by atoms with Crippen LogP contribution in [0.15, 0.2) is 37.0 Å². The van der Waals surface area contributed by atoms with Crippen LogP contribution in [0.5, 0.6) is 0 Å². The third kappa shape index (κ3) is 15.8. The van der Waals surface area contributed by atoms with Gasteiger partial charge in [0.15, 0.2) is 0 Å². The molecular weight excluding hydrogens is 278 g/mol.